The van der Waals surface area contributed by atoms with Crippen molar-refractivity contribution in [1.29, 1.82) is 0 Å². The highest BCUT2D eigenvalue weighted by molar-refractivity contribution is 5.85. The molecule has 2 N–H and O–H groups in total. The molecular formula is C17H31ClN4O3. The van der Waals surface area contributed by atoms with E-state index >= 15 is 0 Å². The van der Waals surface area contributed by atoms with Crippen molar-refractivity contribution in [2.45, 2.75) is 65.1 Å². The van der Waals surface area contributed by atoms with Crippen LogP contribution in [-0.4, -0.2) is 40.6 Å². The van der Waals surface area contributed by atoms with Gasteiger partial charge in [0.05, 0.1) is 6.54 Å². The summed E-state index contributed by atoms with van der Waals surface area (Å²) in [6.45, 7) is 7.03. The van der Waals surface area contributed by atoms with Crippen molar-refractivity contribution in [3.63, 3.8) is 0 Å². The van der Waals surface area contributed by atoms with Crippen LogP contribution in [0.15, 0.2) is 4.52 Å². The van der Waals surface area contributed by atoms with Crippen LogP contribution in [0.1, 0.15) is 64.3 Å². The second-order valence-electron chi connectivity index (χ2n) is 7.22. The fourth-order valence-electron chi connectivity index (χ4n) is 2.90. The predicted molar refractivity (Wildman–Crippen MR) is 97.2 cm³/mol. The van der Waals surface area contributed by atoms with Crippen molar-refractivity contribution in [2.75, 3.05) is 13.7 Å². The van der Waals surface area contributed by atoms with Gasteiger partial charge >= 0.3 is 0 Å². The van der Waals surface area contributed by atoms with Gasteiger partial charge in [-0.15, -0.1) is 12.4 Å². The molecule has 1 heterocycles. The summed E-state index contributed by atoms with van der Waals surface area (Å²) in [4.78, 5) is 18.3. The highest BCUT2D eigenvalue weighted by Crippen LogP contribution is 2.27. The fraction of sp³-hybridized carbons (Fsp3) is 0.824. The number of carbonyl (C=O) groups excluding carboxylic acids is 1. The third-order valence-corrected chi connectivity index (χ3v) is 4.48. The Morgan fingerprint density at radius 1 is 1.40 bits per heavy atom. The number of hydrogen-bond donors (Lipinski definition) is 1. The van der Waals surface area contributed by atoms with Gasteiger partial charge in [0.15, 0.2) is 5.82 Å². The molecule has 0 spiro atoms. The van der Waals surface area contributed by atoms with E-state index in [1.54, 1.807) is 11.9 Å². The van der Waals surface area contributed by atoms with E-state index in [-0.39, 0.29) is 30.5 Å². The number of rotatable bonds is 8. The maximum absolute atomic E-state index is 12.3. The van der Waals surface area contributed by atoms with Crippen LogP contribution in [0.25, 0.3) is 0 Å². The number of nitrogens with two attached hydrogens (primary N) is 1. The van der Waals surface area contributed by atoms with Gasteiger partial charge in [-0.1, -0.05) is 25.4 Å². The molecule has 0 aliphatic heterocycles. The molecule has 1 fully saturated rings. The molecule has 7 nitrogen and oxygen atoms in total. The van der Waals surface area contributed by atoms with Gasteiger partial charge in [0.1, 0.15) is 6.10 Å². The first-order valence-corrected chi connectivity index (χ1v) is 8.80. The van der Waals surface area contributed by atoms with E-state index in [2.05, 4.69) is 24.0 Å². The van der Waals surface area contributed by atoms with Crippen molar-refractivity contribution in [2.24, 2.45) is 17.6 Å². The molecule has 3 atom stereocenters. The first-order valence-electron chi connectivity index (χ1n) is 8.80. The maximum atomic E-state index is 12.3. The van der Waals surface area contributed by atoms with Gasteiger partial charge in [-0.05, 0) is 31.6 Å². The number of aromatic nitrogens is 2. The molecule has 1 aromatic heterocycles. The number of carbonyl (C=O) groups is 1. The van der Waals surface area contributed by atoms with Crippen LogP contribution in [0.2, 0.25) is 0 Å². The Morgan fingerprint density at radius 3 is 2.72 bits per heavy atom. The Bertz CT molecular complexity index is 538. The summed E-state index contributed by atoms with van der Waals surface area (Å²) in [5, 5.41) is 3.95. The number of nitrogens with zero attached hydrogens (tertiary/aromatic N) is 3. The van der Waals surface area contributed by atoms with E-state index in [9.17, 15) is 4.79 Å². The summed E-state index contributed by atoms with van der Waals surface area (Å²) in [6, 6.07) is 0.149. The van der Waals surface area contributed by atoms with Gasteiger partial charge in [0.2, 0.25) is 11.8 Å². The van der Waals surface area contributed by atoms with Crippen LogP contribution in [0, 0.1) is 11.8 Å². The molecule has 2 rings (SSSR count). The summed E-state index contributed by atoms with van der Waals surface area (Å²) >= 11 is 0. The molecule has 1 saturated carbocycles. The fourth-order valence-corrected chi connectivity index (χ4v) is 2.90. The van der Waals surface area contributed by atoms with Gasteiger partial charge < -0.3 is 19.9 Å². The van der Waals surface area contributed by atoms with Gasteiger partial charge in [0.25, 0.3) is 0 Å². The largest absolute Gasteiger partial charge is 0.370 e. The Hall–Kier alpha value is -1.18. The van der Waals surface area contributed by atoms with E-state index in [0.29, 0.717) is 43.1 Å². The molecule has 1 amide bonds. The Labute approximate surface area is 156 Å². The number of hydrogen-bond acceptors (Lipinski definition) is 6. The molecule has 144 valence electrons. The zero-order valence-electron chi connectivity index (χ0n) is 15.6. The highest BCUT2D eigenvalue weighted by atomic mass is 35.5. The van der Waals surface area contributed by atoms with Crippen LogP contribution < -0.4 is 5.73 Å². The van der Waals surface area contributed by atoms with Crippen LogP contribution in [-0.2, 0) is 16.1 Å². The number of halogens is 1. The minimum absolute atomic E-state index is 0. The Morgan fingerprint density at radius 2 is 2.12 bits per heavy atom. The van der Waals surface area contributed by atoms with E-state index in [0.717, 1.165) is 19.3 Å². The standard InChI is InChI=1S/C17H30N4O3.ClH/c1-11(2)10-23-12(3)17-19-15(24-20-17)9-21(4)16(22)8-13-6-5-7-14(13)18;/h11-14H,5-10,18H2,1-4H3;1H/t12?,13-,14+;/m0./s1. The van der Waals surface area contributed by atoms with Crippen LogP contribution >= 0.6 is 12.4 Å². The van der Waals surface area contributed by atoms with Gasteiger partial charge in [-0.3, -0.25) is 4.79 Å². The van der Waals surface area contributed by atoms with E-state index in [1.165, 1.54) is 0 Å². The molecular weight excluding hydrogens is 344 g/mol. The Kier molecular flexibility index (Phi) is 8.82. The molecule has 8 heteroatoms. The zero-order valence-corrected chi connectivity index (χ0v) is 16.4. The quantitative estimate of drug-likeness (QED) is 0.751. The first-order chi connectivity index (χ1) is 11.4. The average molecular weight is 375 g/mol. The maximum Gasteiger partial charge on any atom is 0.246 e. The lowest BCUT2D eigenvalue weighted by Crippen LogP contribution is -2.32. The van der Waals surface area contributed by atoms with Gasteiger partial charge in [-0.2, -0.15) is 4.98 Å². The third kappa shape index (κ3) is 6.56. The van der Waals surface area contributed by atoms with Crippen LogP contribution in [0.4, 0.5) is 0 Å². The lowest BCUT2D eigenvalue weighted by Gasteiger charge is -2.19. The summed E-state index contributed by atoms with van der Waals surface area (Å²) in [6.07, 6.45) is 3.44. The molecule has 1 unspecified atom stereocenters. The van der Waals surface area contributed by atoms with Crippen molar-refractivity contribution in [3.05, 3.63) is 11.7 Å². The second-order valence-corrected chi connectivity index (χ2v) is 7.22. The monoisotopic (exact) mass is 374 g/mol. The predicted octanol–water partition coefficient (Wildman–Crippen LogP) is 2.70. The van der Waals surface area contributed by atoms with Crippen molar-refractivity contribution in [1.82, 2.24) is 15.0 Å². The normalized spacial score (nSPS) is 21.2. The zero-order chi connectivity index (χ0) is 17.7. The van der Waals surface area contributed by atoms with Crippen molar-refractivity contribution >= 4 is 18.3 Å². The number of amides is 1. The van der Waals surface area contributed by atoms with Crippen LogP contribution in [0.3, 0.4) is 0 Å². The second kappa shape index (κ2) is 10.1. The third-order valence-electron chi connectivity index (χ3n) is 4.48. The van der Waals surface area contributed by atoms with Crippen molar-refractivity contribution in [3.8, 4) is 0 Å². The summed E-state index contributed by atoms with van der Waals surface area (Å²) < 4.78 is 10.9. The van der Waals surface area contributed by atoms with E-state index < -0.39 is 0 Å². The molecule has 1 aromatic rings. The SMILES string of the molecule is CC(C)COC(C)c1noc(CN(C)C(=O)C[C@@H]2CCC[C@H]2N)n1.Cl. The van der Waals surface area contributed by atoms with Gasteiger partial charge in [0, 0.05) is 26.1 Å². The minimum Gasteiger partial charge on any atom is -0.370 e. The summed E-state index contributed by atoms with van der Waals surface area (Å²) in [5.41, 5.74) is 6.04. The molecule has 0 bridgehead atoms. The topological polar surface area (TPSA) is 94.5 Å². The molecule has 25 heavy (non-hydrogen) atoms. The molecule has 1 aliphatic rings. The minimum atomic E-state index is -0.220. The molecule has 0 aromatic carbocycles. The highest BCUT2D eigenvalue weighted by Gasteiger charge is 2.27. The summed E-state index contributed by atoms with van der Waals surface area (Å²) in [7, 11) is 1.76. The summed E-state index contributed by atoms with van der Waals surface area (Å²) in [5.74, 6) is 1.76. The van der Waals surface area contributed by atoms with E-state index in [1.807, 2.05) is 6.92 Å². The molecule has 0 saturated heterocycles. The number of ether oxygens (including phenoxy) is 1. The molecule has 0 radical (unpaired) electrons. The lowest BCUT2D eigenvalue weighted by molar-refractivity contribution is -0.131. The first kappa shape index (κ1) is 21.9. The van der Waals surface area contributed by atoms with Crippen LogP contribution in [0.5, 0.6) is 0 Å². The van der Waals surface area contributed by atoms with Gasteiger partial charge in [-0.25, -0.2) is 0 Å². The molecule has 1 aliphatic carbocycles. The smallest absolute Gasteiger partial charge is 0.246 e. The Balaban J connectivity index is 0.00000312. The van der Waals surface area contributed by atoms with E-state index in [4.69, 9.17) is 15.0 Å². The van der Waals surface area contributed by atoms with Crippen molar-refractivity contribution < 1.29 is 14.1 Å². The lowest BCUT2D eigenvalue weighted by atomic mass is 9.99. The average Bonchev–Trinajstić information content (AvgIpc) is 3.14.